The molecule has 4 rings (SSSR count). The molecular weight excluding hydrogens is 342 g/mol. The molecule has 0 saturated heterocycles. The molecule has 1 aromatic carbocycles. The first kappa shape index (κ1) is 17.2. The van der Waals surface area contributed by atoms with Crippen LogP contribution in [0.4, 0.5) is 11.6 Å². The van der Waals surface area contributed by atoms with Gasteiger partial charge in [0.15, 0.2) is 0 Å². The summed E-state index contributed by atoms with van der Waals surface area (Å²) in [6.07, 6.45) is 10.6. The molecule has 138 valence electrons. The van der Waals surface area contributed by atoms with Crippen LogP contribution in [-0.2, 0) is 0 Å². The first-order valence-electron chi connectivity index (χ1n) is 9.16. The summed E-state index contributed by atoms with van der Waals surface area (Å²) in [5.41, 5.74) is 3.33. The van der Waals surface area contributed by atoms with E-state index in [1.807, 2.05) is 6.07 Å². The molecule has 0 unspecified atom stereocenters. The number of benzene rings is 1. The van der Waals surface area contributed by atoms with Crippen LogP contribution in [0.2, 0.25) is 0 Å². The van der Waals surface area contributed by atoms with Gasteiger partial charge in [-0.15, -0.1) is 5.10 Å². The Kier molecular flexibility index (Phi) is 4.82. The molecule has 1 aliphatic rings. The van der Waals surface area contributed by atoms with Crippen molar-refractivity contribution in [2.75, 3.05) is 5.32 Å². The average Bonchev–Trinajstić information content (AvgIpc) is 3.18. The lowest BCUT2D eigenvalue weighted by Crippen LogP contribution is -2.01. The molecule has 0 atom stereocenters. The molecule has 1 saturated carbocycles. The van der Waals surface area contributed by atoms with Gasteiger partial charge in [-0.2, -0.15) is 4.98 Å². The zero-order valence-corrected chi connectivity index (χ0v) is 15.1. The number of unbranched alkanes of at least 4 members (excludes halogenated alkanes) is 1. The van der Waals surface area contributed by atoms with E-state index in [0.717, 1.165) is 42.6 Å². The van der Waals surface area contributed by atoms with Gasteiger partial charge in [0.25, 0.3) is 5.91 Å². The van der Waals surface area contributed by atoms with Crippen molar-refractivity contribution in [2.24, 2.45) is 4.99 Å². The van der Waals surface area contributed by atoms with E-state index in [9.17, 15) is 4.79 Å². The van der Waals surface area contributed by atoms with Gasteiger partial charge in [-0.1, -0.05) is 13.3 Å². The Bertz CT molecular complexity index is 955. The standard InChI is InChI=1S/C20H21N5O2/c1-2-3-7-21-19(26)16-9-15(14-4-5-14)10-17(11-16)23-20-22-13-25(24-20)18-6-8-27-12-18/h6-14H,2-5H2,1H3,(H,23,24). The Morgan fingerprint density at radius 3 is 3.04 bits per heavy atom. The Balaban J connectivity index is 1.57. The Hall–Kier alpha value is -3.22. The summed E-state index contributed by atoms with van der Waals surface area (Å²) in [6.45, 7) is 2.06. The SMILES string of the molecule is CCCC=NC(=O)c1cc(Nc2ncn(-c3ccoc3)n2)cc(C2CC2)c1. The highest BCUT2D eigenvalue weighted by Gasteiger charge is 2.25. The van der Waals surface area contributed by atoms with Crippen LogP contribution in [0.5, 0.6) is 0 Å². The summed E-state index contributed by atoms with van der Waals surface area (Å²) in [4.78, 5) is 20.7. The molecule has 0 bridgehead atoms. The van der Waals surface area contributed by atoms with Crippen molar-refractivity contribution in [3.63, 3.8) is 0 Å². The average molecular weight is 363 g/mol. The van der Waals surface area contributed by atoms with E-state index in [-0.39, 0.29) is 5.91 Å². The zero-order valence-electron chi connectivity index (χ0n) is 15.1. The largest absolute Gasteiger partial charge is 0.470 e. The highest BCUT2D eigenvalue weighted by atomic mass is 16.3. The first-order chi connectivity index (χ1) is 13.2. The van der Waals surface area contributed by atoms with Crippen LogP contribution in [0, 0.1) is 0 Å². The predicted molar refractivity (Wildman–Crippen MR) is 103 cm³/mol. The molecule has 1 N–H and O–H groups in total. The first-order valence-corrected chi connectivity index (χ1v) is 9.16. The number of carbonyl (C=O) groups excluding carboxylic acids is 1. The van der Waals surface area contributed by atoms with Crippen LogP contribution in [0.1, 0.15) is 54.4 Å². The highest BCUT2D eigenvalue weighted by molar-refractivity contribution is 6.00. The van der Waals surface area contributed by atoms with E-state index in [1.54, 1.807) is 41.9 Å². The monoisotopic (exact) mass is 363 g/mol. The summed E-state index contributed by atoms with van der Waals surface area (Å²) in [5, 5.41) is 7.59. The fourth-order valence-electron chi connectivity index (χ4n) is 2.81. The van der Waals surface area contributed by atoms with Crippen molar-refractivity contribution >= 4 is 23.8 Å². The van der Waals surface area contributed by atoms with Crippen molar-refractivity contribution in [1.82, 2.24) is 14.8 Å². The molecular formula is C20H21N5O2. The number of hydrogen-bond acceptors (Lipinski definition) is 5. The number of rotatable bonds is 7. The summed E-state index contributed by atoms with van der Waals surface area (Å²) < 4.78 is 6.69. The molecule has 2 heterocycles. The lowest BCUT2D eigenvalue weighted by Gasteiger charge is -2.08. The fraction of sp³-hybridized carbons (Fsp3) is 0.300. The van der Waals surface area contributed by atoms with E-state index < -0.39 is 0 Å². The van der Waals surface area contributed by atoms with Gasteiger partial charge >= 0.3 is 0 Å². The minimum atomic E-state index is -0.217. The molecule has 1 aliphatic carbocycles. The van der Waals surface area contributed by atoms with Gasteiger partial charge in [0.05, 0.1) is 6.26 Å². The lowest BCUT2D eigenvalue weighted by atomic mass is 10.1. The molecule has 1 amide bonds. The van der Waals surface area contributed by atoms with E-state index in [0.29, 0.717) is 17.4 Å². The molecule has 0 radical (unpaired) electrons. The number of anilines is 2. The van der Waals surface area contributed by atoms with Crippen LogP contribution >= 0.6 is 0 Å². The van der Waals surface area contributed by atoms with Gasteiger partial charge in [-0.05, 0) is 48.9 Å². The van der Waals surface area contributed by atoms with Crippen molar-refractivity contribution in [3.05, 3.63) is 54.2 Å². The second kappa shape index (κ2) is 7.57. The normalized spacial score (nSPS) is 14.0. The number of aliphatic imine (C=N–C) groups is 1. The highest BCUT2D eigenvalue weighted by Crippen LogP contribution is 2.41. The van der Waals surface area contributed by atoms with Crippen LogP contribution in [0.25, 0.3) is 5.69 Å². The molecule has 0 spiro atoms. The van der Waals surface area contributed by atoms with Gasteiger partial charge in [0.1, 0.15) is 18.3 Å². The number of aromatic nitrogens is 3. The number of amides is 1. The summed E-state index contributed by atoms with van der Waals surface area (Å²) in [5.74, 6) is 0.761. The van der Waals surface area contributed by atoms with Gasteiger partial charge in [0.2, 0.25) is 5.95 Å². The zero-order chi connectivity index (χ0) is 18.6. The van der Waals surface area contributed by atoms with Crippen LogP contribution in [0.15, 0.2) is 52.5 Å². The summed E-state index contributed by atoms with van der Waals surface area (Å²) in [6, 6.07) is 7.61. The van der Waals surface area contributed by atoms with E-state index in [4.69, 9.17) is 4.42 Å². The van der Waals surface area contributed by atoms with Crippen molar-refractivity contribution in [1.29, 1.82) is 0 Å². The summed E-state index contributed by atoms with van der Waals surface area (Å²) >= 11 is 0. The summed E-state index contributed by atoms with van der Waals surface area (Å²) in [7, 11) is 0. The van der Waals surface area contributed by atoms with Gasteiger partial charge in [-0.25, -0.2) is 9.67 Å². The van der Waals surface area contributed by atoms with Crippen LogP contribution in [-0.4, -0.2) is 26.9 Å². The van der Waals surface area contributed by atoms with Crippen LogP contribution in [0.3, 0.4) is 0 Å². The maximum absolute atomic E-state index is 12.4. The van der Waals surface area contributed by atoms with Crippen molar-refractivity contribution in [2.45, 2.75) is 38.5 Å². The van der Waals surface area contributed by atoms with Gasteiger partial charge in [-0.3, -0.25) is 4.79 Å². The number of carbonyl (C=O) groups is 1. The smallest absolute Gasteiger partial charge is 0.276 e. The van der Waals surface area contributed by atoms with E-state index in [1.165, 1.54) is 0 Å². The molecule has 0 aliphatic heterocycles. The maximum atomic E-state index is 12.4. The third-order valence-electron chi connectivity index (χ3n) is 4.40. The predicted octanol–water partition coefficient (Wildman–Crippen LogP) is 4.49. The quantitative estimate of drug-likeness (QED) is 0.625. The minimum absolute atomic E-state index is 0.217. The number of nitrogens with one attached hydrogen (secondary N) is 1. The molecule has 27 heavy (non-hydrogen) atoms. The second-order valence-corrected chi connectivity index (χ2v) is 6.64. The number of hydrogen-bond donors (Lipinski definition) is 1. The number of nitrogens with zero attached hydrogens (tertiary/aromatic N) is 4. The molecule has 7 nitrogen and oxygen atoms in total. The Morgan fingerprint density at radius 1 is 1.41 bits per heavy atom. The third kappa shape index (κ3) is 4.13. The van der Waals surface area contributed by atoms with E-state index in [2.05, 4.69) is 33.4 Å². The van der Waals surface area contributed by atoms with Crippen molar-refractivity contribution < 1.29 is 9.21 Å². The second-order valence-electron chi connectivity index (χ2n) is 6.64. The van der Waals surface area contributed by atoms with Gasteiger partial charge < -0.3 is 9.73 Å². The Labute approximate surface area is 157 Å². The maximum Gasteiger partial charge on any atom is 0.276 e. The van der Waals surface area contributed by atoms with E-state index >= 15 is 0 Å². The van der Waals surface area contributed by atoms with Crippen molar-refractivity contribution in [3.8, 4) is 5.69 Å². The lowest BCUT2D eigenvalue weighted by molar-refractivity contribution is 0.100. The fourth-order valence-corrected chi connectivity index (χ4v) is 2.81. The van der Waals surface area contributed by atoms with Gasteiger partial charge in [0, 0.05) is 23.5 Å². The van der Waals surface area contributed by atoms with Crippen LogP contribution < -0.4 is 5.32 Å². The number of furan rings is 1. The molecule has 3 aromatic rings. The minimum Gasteiger partial charge on any atom is -0.470 e. The third-order valence-corrected chi connectivity index (χ3v) is 4.40. The molecule has 2 aromatic heterocycles. The molecule has 7 heteroatoms. The topological polar surface area (TPSA) is 85.3 Å². The molecule has 1 fully saturated rings. The Morgan fingerprint density at radius 2 is 2.30 bits per heavy atom.